The Morgan fingerprint density at radius 3 is 3.00 bits per heavy atom. The van der Waals surface area contributed by atoms with Crippen molar-refractivity contribution in [3.05, 3.63) is 30.1 Å². The van der Waals surface area contributed by atoms with Gasteiger partial charge in [-0.15, -0.1) is 11.8 Å². The van der Waals surface area contributed by atoms with Gasteiger partial charge in [0.05, 0.1) is 5.37 Å². The average molecular weight is 295 g/mol. The number of urea groups is 1. The number of carbonyl (C=O) groups is 2. The zero-order valence-electron chi connectivity index (χ0n) is 11.2. The quantitative estimate of drug-likeness (QED) is 0.880. The monoisotopic (exact) mass is 295 g/mol. The Morgan fingerprint density at radius 2 is 2.40 bits per heavy atom. The second-order valence-corrected chi connectivity index (χ2v) is 5.69. The maximum atomic E-state index is 12.2. The smallest absolute Gasteiger partial charge is 0.327 e. The molecule has 2 atom stereocenters. The van der Waals surface area contributed by atoms with Crippen LogP contribution in [0.1, 0.15) is 18.9 Å². The van der Waals surface area contributed by atoms with Crippen molar-refractivity contribution in [1.82, 2.24) is 15.2 Å². The van der Waals surface area contributed by atoms with Crippen molar-refractivity contribution in [1.29, 1.82) is 0 Å². The van der Waals surface area contributed by atoms with Crippen molar-refractivity contribution in [3.8, 4) is 0 Å². The molecule has 20 heavy (non-hydrogen) atoms. The Morgan fingerprint density at radius 1 is 1.60 bits per heavy atom. The fraction of sp³-hybridized carbons (Fsp3) is 0.462. The van der Waals surface area contributed by atoms with E-state index in [9.17, 15) is 14.7 Å². The van der Waals surface area contributed by atoms with E-state index in [2.05, 4.69) is 10.3 Å². The van der Waals surface area contributed by atoms with Crippen LogP contribution in [-0.2, 0) is 11.3 Å². The van der Waals surface area contributed by atoms with Crippen LogP contribution < -0.4 is 5.32 Å². The van der Waals surface area contributed by atoms with Gasteiger partial charge >= 0.3 is 12.0 Å². The summed E-state index contributed by atoms with van der Waals surface area (Å²) in [4.78, 5) is 28.8. The summed E-state index contributed by atoms with van der Waals surface area (Å²) in [6.07, 6.45) is 4.07. The molecule has 2 heterocycles. The van der Waals surface area contributed by atoms with E-state index in [0.717, 1.165) is 12.0 Å². The molecule has 6 nitrogen and oxygen atoms in total. The molecule has 2 N–H and O–H groups in total. The lowest BCUT2D eigenvalue weighted by Crippen LogP contribution is -2.49. The number of carboxylic acids is 1. The Balaban J connectivity index is 2.00. The minimum absolute atomic E-state index is 0.0787. The number of carbonyl (C=O) groups excluding carboxylic acids is 1. The van der Waals surface area contributed by atoms with Crippen molar-refractivity contribution in [3.63, 3.8) is 0 Å². The Kier molecular flexibility index (Phi) is 4.84. The number of aromatic nitrogens is 1. The molecule has 1 aliphatic rings. The molecule has 1 aromatic rings. The molecule has 2 rings (SSSR count). The number of pyridine rings is 1. The highest BCUT2D eigenvalue weighted by molar-refractivity contribution is 8.00. The van der Waals surface area contributed by atoms with Crippen LogP contribution in [0, 0.1) is 0 Å². The van der Waals surface area contributed by atoms with E-state index < -0.39 is 12.0 Å². The van der Waals surface area contributed by atoms with Gasteiger partial charge in [0.1, 0.15) is 6.04 Å². The molecule has 2 unspecified atom stereocenters. The van der Waals surface area contributed by atoms with Gasteiger partial charge in [-0.2, -0.15) is 0 Å². The molecule has 2 amide bonds. The molecule has 0 saturated carbocycles. The maximum absolute atomic E-state index is 12.2. The van der Waals surface area contributed by atoms with Gasteiger partial charge in [0.15, 0.2) is 0 Å². The highest BCUT2D eigenvalue weighted by Gasteiger charge is 2.40. The number of hydrogen-bond donors (Lipinski definition) is 2. The second kappa shape index (κ2) is 6.60. The van der Waals surface area contributed by atoms with Gasteiger partial charge in [0.2, 0.25) is 0 Å². The van der Waals surface area contributed by atoms with Crippen molar-refractivity contribution in [2.75, 3.05) is 5.75 Å². The zero-order chi connectivity index (χ0) is 14.5. The number of amides is 2. The summed E-state index contributed by atoms with van der Waals surface area (Å²) in [7, 11) is 0. The topological polar surface area (TPSA) is 82.5 Å². The summed E-state index contributed by atoms with van der Waals surface area (Å²) in [5, 5.41) is 11.9. The van der Waals surface area contributed by atoms with Crippen molar-refractivity contribution in [2.24, 2.45) is 0 Å². The number of rotatable bonds is 4. The van der Waals surface area contributed by atoms with E-state index >= 15 is 0 Å². The van der Waals surface area contributed by atoms with Crippen LogP contribution in [0.4, 0.5) is 4.79 Å². The van der Waals surface area contributed by atoms with Crippen LogP contribution in [0.25, 0.3) is 0 Å². The Labute approximate surface area is 121 Å². The van der Waals surface area contributed by atoms with Crippen LogP contribution >= 0.6 is 11.8 Å². The average Bonchev–Trinajstić information content (AvgIpc) is 2.90. The predicted octanol–water partition coefficient (Wildman–Crippen LogP) is 1.53. The normalized spacial score (nSPS) is 21.8. The number of aliphatic carboxylic acids is 1. The van der Waals surface area contributed by atoms with Crippen molar-refractivity contribution in [2.45, 2.75) is 31.3 Å². The first kappa shape index (κ1) is 14.6. The molecule has 1 aromatic heterocycles. The molecule has 0 aliphatic carbocycles. The first-order valence-electron chi connectivity index (χ1n) is 6.43. The molecule has 0 bridgehead atoms. The van der Waals surface area contributed by atoms with Gasteiger partial charge in [-0.25, -0.2) is 9.59 Å². The van der Waals surface area contributed by atoms with Gasteiger partial charge in [-0.3, -0.25) is 9.88 Å². The zero-order valence-corrected chi connectivity index (χ0v) is 12.0. The standard InChI is InChI=1S/C13H17N3O3S/c1-2-11-16(10(8-20-11)12(17)18)13(19)15-7-9-4-3-5-14-6-9/h3-6,10-11H,2,7-8H2,1H3,(H,15,19)(H,17,18). The third kappa shape index (κ3) is 3.22. The number of nitrogens with zero attached hydrogens (tertiary/aromatic N) is 2. The fourth-order valence-electron chi connectivity index (χ4n) is 2.11. The Bertz CT molecular complexity index is 483. The van der Waals surface area contributed by atoms with Gasteiger partial charge in [-0.05, 0) is 18.1 Å². The minimum atomic E-state index is -0.954. The second-order valence-electron chi connectivity index (χ2n) is 4.48. The predicted molar refractivity (Wildman–Crippen MR) is 76.3 cm³/mol. The minimum Gasteiger partial charge on any atom is -0.480 e. The molecule has 0 aromatic carbocycles. The SMILES string of the molecule is CCC1SCC(C(=O)O)N1C(=O)NCc1cccnc1. The summed E-state index contributed by atoms with van der Waals surface area (Å²) >= 11 is 1.51. The van der Waals surface area contributed by atoms with E-state index in [-0.39, 0.29) is 11.4 Å². The number of thioether (sulfide) groups is 1. The molecule has 1 aliphatic heterocycles. The van der Waals surface area contributed by atoms with Crippen LogP contribution in [0.3, 0.4) is 0 Å². The van der Waals surface area contributed by atoms with E-state index in [4.69, 9.17) is 0 Å². The van der Waals surface area contributed by atoms with E-state index in [1.807, 2.05) is 13.0 Å². The first-order valence-corrected chi connectivity index (χ1v) is 7.47. The first-order chi connectivity index (χ1) is 9.63. The molecular formula is C13H17N3O3S. The maximum Gasteiger partial charge on any atom is 0.327 e. The third-order valence-electron chi connectivity index (χ3n) is 3.13. The summed E-state index contributed by atoms with van der Waals surface area (Å²) < 4.78 is 0. The van der Waals surface area contributed by atoms with Crippen LogP contribution in [-0.4, -0.2) is 44.2 Å². The van der Waals surface area contributed by atoms with Crippen molar-refractivity contribution >= 4 is 23.8 Å². The lowest BCUT2D eigenvalue weighted by atomic mass is 10.2. The van der Waals surface area contributed by atoms with Crippen LogP contribution in [0.15, 0.2) is 24.5 Å². The molecule has 7 heteroatoms. The fourth-order valence-corrected chi connectivity index (χ4v) is 3.46. The third-order valence-corrected chi connectivity index (χ3v) is 4.58. The molecular weight excluding hydrogens is 278 g/mol. The summed E-state index contributed by atoms with van der Waals surface area (Å²) in [5.74, 6) is -0.515. The summed E-state index contributed by atoms with van der Waals surface area (Å²) in [5.41, 5.74) is 0.882. The van der Waals surface area contributed by atoms with Crippen molar-refractivity contribution < 1.29 is 14.7 Å². The van der Waals surface area contributed by atoms with Gasteiger partial charge < -0.3 is 10.4 Å². The highest BCUT2D eigenvalue weighted by atomic mass is 32.2. The van der Waals surface area contributed by atoms with E-state index in [1.54, 1.807) is 18.5 Å². The van der Waals surface area contributed by atoms with E-state index in [0.29, 0.717) is 12.3 Å². The number of carboxylic acid groups (broad SMARTS) is 1. The van der Waals surface area contributed by atoms with Crippen LogP contribution in [0.5, 0.6) is 0 Å². The van der Waals surface area contributed by atoms with Gasteiger partial charge in [0.25, 0.3) is 0 Å². The molecule has 1 saturated heterocycles. The molecule has 0 radical (unpaired) electrons. The lowest BCUT2D eigenvalue weighted by Gasteiger charge is -2.26. The Hall–Kier alpha value is -1.76. The molecule has 0 spiro atoms. The molecule has 108 valence electrons. The largest absolute Gasteiger partial charge is 0.480 e. The lowest BCUT2D eigenvalue weighted by molar-refractivity contribution is -0.141. The van der Waals surface area contributed by atoms with Crippen LogP contribution in [0.2, 0.25) is 0 Å². The number of hydrogen-bond acceptors (Lipinski definition) is 4. The van der Waals surface area contributed by atoms with Gasteiger partial charge in [0, 0.05) is 24.7 Å². The number of nitrogens with one attached hydrogen (secondary N) is 1. The van der Waals surface area contributed by atoms with Gasteiger partial charge in [-0.1, -0.05) is 13.0 Å². The van der Waals surface area contributed by atoms with E-state index in [1.165, 1.54) is 16.7 Å². The summed E-state index contributed by atoms with van der Waals surface area (Å²) in [6.45, 7) is 2.29. The highest BCUT2D eigenvalue weighted by Crippen LogP contribution is 2.31. The molecule has 1 fully saturated rings. The summed E-state index contributed by atoms with van der Waals surface area (Å²) in [6, 6.07) is 2.57.